The number of rotatable bonds is 7. The van der Waals surface area contributed by atoms with Crippen molar-refractivity contribution in [2.45, 2.75) is 32.2 Å². The third-order valence-electron chi connectivity index (χ3n) is 4.69. The second kappa shape index (κ2) is 8.87. The summed E-state index contributed by atoms with van der Waals surface area (Å²) in [5.74, 6) is 0.961. The van der Waals surface area contributed by atoms with Crippen molar-refractivity contribution in [2.24, 2.45) is 10.9 Å². The van der Waals surface area contributed by atoms with Gasteiger partial charge in [0.05, 0.1) is 6.54 Å². The molecule has 29 heavy (non-hydrogen) atoms. The Bertz CT molecular complexity index is 785. The summed E-state index contributed by atoms with van der Waals surface area (Å²) in [4.78, 5) is 32.1. The number of halogens is 1. The van der Waals surface area contributed by atoms with Crippen LogP contribution in [0.5, 0.6) is 5.75 Å². The number of imide groups is 1. The fourth-order valence-corrected chi connectivity index (χ4v) is 3.32. The summed E-state index contributed by atoms with van der Waals surface area (Å²) in [6, 6.07) is 5.68. The molecule has 3 amide bonds. The predicted octanol–water partition coefficient (Wildman–Crippen LogP) is 0.873. The molecule has 3 N–H and O–H groups in total. The van der Waals surface area contributed by atoms with Gasteiger partial charge in [-0.25, -0.2) is 4.79 Å². The average molecular weight is 424 g/mol. The van der Waals surface area contributed by atoms with Crippen LogP contribution in [0, 0.1) is 5.92 Å². The van der Waals surface area contributed by atoms with Crippen molar-refractivity contribution in [3.63, 3.8) is 0 Å². The van der Waals surface area contributed by atoms with E-state index in [0.717, 1.165) is 0 Å². The zero-order valence-electron chi connectivity index (χ0n) is 16.6. The molecule has 3 rings (SSSR count). The Labute approximate surface area is 174 Å². The lowest BCUT2D eigenvalue weighted by Crippen LogP contribution is -2.65. The van der Waals surface area contributed by atoms with Gasteiger partial charge in [0.25, 0.3) is 5.91 Å². The lowest BCUT2D eigenvalue weighted by Gasteiger charge is -2.35. The lowest BCUT2D eigenvalue weighted by atomic mass is 10.1. The standard InChI is InChI=1S/C19H26ClN5O4/c1-11(2)8-21-18-22-16-15(17(27)23-19(28)24(16)3)25(18)9-13(26)10-29-14-6-4-12(20)5-7-14/h4-7,11,13,15-16,26H,8-10H2,1-3H3,(H,21,22)(H,23,27,28). The minimum absolute atomic E-state index is 0.0311. The second-order valence-electron chi connectivity index (χ2n) is 7.57. The van der Waals surface area contributed by atoms with Crippen LogP contribution in [0.4, 0.5) is 4.79 Å². The van der Waals surface area contributed by atoms with Crippen molar-refractivity contribution < 1.29 is 19.4 Å². The van der Waals surface area contributed by atoms with Gasteiger partial charge in [-0.3, -0.25) is 15.1 Å². The van der Waals surface area contributed by atoms with Crippen LogP contribution in [0.25, 0.3) is 0 Å². The number of carbonyl (C=O) groups is 2. The van der Waals surface area contributed by atoms with Gasteiger partial charge in [-0.2, -0.15) is 0 Å². The van der Waals surface area contributed by atoms with Crippen LogP contribution in [0.3, 0.4) is 0 Å². The first kappa shape index (κ1) is 21.2. The molecule has 10 heteroatoms. The van der Waals surface area contributed by atoms with Gasteiger partial charge in [0.15, 0.2) is 12.0 Å². The summed E-state index contributed by atoms with van der Waals surface area (Å²) in [5.41, 5.74) is 0. The molecule has 0 aromatic heterocycles. The molecule has 9 nitrogen and oxygen atoms in total. The molecule has 0 aliphatic carbocycles. The molecule has 0 saturated carbocycles. The summed E-state index contributed by atoms with van der Waals surface area (Å²) in [6.07, 6.45) is -1.43. The largest absolute Gasteiger partial charge is 0.491 e. The van der Waals surface area contributed by atoms with Crippen LogP contribution in [0.15, 0.2) is 29.3 Å². The number of nitrogens with zero attached hydrogens (tertiary/aromatic N) is 3. The van der Waals surface area contributed by atoms with Gasteiger partial charge in [-0.15, -0.1) is 0 Å². The highest BCUT2D eigenvalue weighted by Gasteiger charge is 2.50. The molecule has 3 atom stereocenters. The van der Waals surface area contributed by atoms with E-state index in [0.29, 0.717) is 29.2 Å². The van der Waals surface area contributed by atoms with Gasteiger partial charge in [0.1, 0.15) is 24.6 Å². The number of ether oxygens (including phenoxy) is 1. The Morgan fingerprint density at radius 2 is 1.97 bits per heavy atom. The van der Waals surface area contributed by atoms with E-state index < -0.39 is 30.2 Å². The van der Waals surface area contributed by atoms with E-state index in [1.165, 1.54) is 4.90 Å². The first-order valence-electron chi connectivity index (χ1n) is 9.48. The third kappa shape index (κ3) is 4.91. The molecule has 1 aromatic carbocycles. The molecule has 2 heterocycles. The van der Waals surface area contributed by atoms with E-state index in [1.807, 2.05) is 13.8 Å². The van der Waals surface area contributed by atoms with E-state index in [4.69, 9.17) is 16.3 Å². The first-order valence-corrected chi connectivity index (χ1v) is 9.85. The molecule has 1 aromatic rings. The molecule has 2 fully saturated rings. The summed E-state index contributed by atoms with van der Waals surface area (Å²) >= 11 is 5.86. The van der Waals surface area contributed by atoms with Crippen LogP contribution in [0.2, 0.25) is 5.02 Å². The number of carbonyl (C=O) groups excluding carboxylic acids is 2. The molecule has 2 aliphatic rings. The van der Waals surface area contributed by atoms with E-state index in [9.17, 15) is 14.7 Å². The number of benzene rings is 1. The Balaban J connectivity index is 1.72. The van der Waals surface area contributed by atoms with Crippen molar-refractivity contribution in [2.75, 3.05) is 26.7 Å². The average Bonchev–Trinajstić information content (AvgIpc) is 3.03. The van der Waals surface area contributed by atoms with Crippen molar-refractivity contribution >= 4 is 29.5 Å². The summed E-state index contributed by atoms with van der Waals surface area (Å²) in [7, 11) is 1.61. The highest BCUT2D eigenvalue weighted by molar-refractivity contribution is 6.30. The summed E-state index contributed by atoms with van der Waals surface area (Å²) < 4.78 is 5.61. The number of likely N-dealkylation sites (N-methyl/N-ethyl adjacent to an activating group) is 1. The number of fused-ring (bicyclic) bond motifs is 1. The van der Waals surface area contributed by atoms with Crippen LogP contribution in [-0.2, 0) is 4.79 Å². The van der Waals surface area contributed by atoms with Crippen molar-refractivity contribution in [1.82, 2.24) is 20.4 Å². The lowest BCUT2D eigenvalue weighted by molar-refractivity contribution is -0.127. The number of β-amino-alcohol motifs (C(OH)–C–C–N with tert-alkyl or cyclic N) is 1. The number of nitrogens with one attached hydrogen (secondary N) is 2. The highest BCUT2D eigenvalue weighted by Crippen LogP contribution is 2.21. The Morgan fingerprint density at radius 1 is 1.28 bits per heavy atom. The van der Waals surface area contributed by atoms with Crippen LogP contribution < -0.4 is 15.4 Å². The minimum Gasteiger partial charge on any atom is -0.491 e. The number of guanidine groups is 1. The molecular formula is C19H26ClN5O4. The predicted molar refractivity (Wildman–Crippen MR) is 109 cm³/mol. The highest BCUT2D eigenvalue weighted by atomic mass is 35.5. The molecule has 158 valence electrons. The van der Waals surface area contributed by atoms with Gasteiger partial charge in [0, 0.05) is 18.6 Å². The Hall–Kier alpha value is -2.52. The number of hydrogen-bond donors (Lipinski definition) is 3. The Morgan fingerprint density at radius 3 is 2.62 bits per heavy atom. The smallest absolute Gasteiger partial charge is 0.325 e. The quantitative estimate of drug-likeness (QED) is 0.601. The number of amides is 3. The van der Waals surface area contributed by atoms with E-state index in [1.54, 1.807) is 36.2 Å². The number of aliphatic hydroxyl groups is 1. The normalized spacial score (nSPS) is 23.9. The number of hydrogen-bond acceptors (Lipinski definition) is 5. The maximum absolute atomic E-state index is 12.5. The van der Waals surface area contributed by atoms with Crippen molar-refractivity contribution in [1.29, 1.82) is 0 Å². The summed E-state index contributed by atoms with van der Waals surface area (Å²) in [5, 5.41) is 16.6. The molecule has 0 radical (unpaired) electrons. The van der Waals surface area contributed by atoms with E-state index >= 15 is 0 Å². The fraction of sp³-hybridized carbons (Fsp3) is 0.526. The zero-order valence-corrected chi connectivity index (χ0v) is 17.4. The number of aliphatic hydroxyl groups excluding tert-OH is 1. The van der Waals surface area contributed by atoms with Gasteiger partial charge in [0.2, 0.25) is 0 Å². The second-order valence-corrected chi connectivity index (χ2v) is 8.01. The van der Waals surface area contributed by atoms with E-state index in [2.05, 4.69) is 15.6 Å². The molecular weight excluding hydrogens is 398 g/mol. The first-order chi connectivity index (χ1) is 13.8. The van der Waals surface area contributed by atoms with Crippen molar-refractivity contribution in [3.05, 3.63) is 29.3 Å². The molecule has 2 aliphatic heterocycles. The van der Waals surface area contributed by atoms with Crippen LogP contribution >= 0.6 is 11.6 Å². The zero-order chi connectivity index (χ0) is 21.1. The number of urea groups is 1. The maximum Gasteiger partial charge on any atom is 0.325 e. The van der Waals surface area contributed by atoms with Gasteiger partial charge >= 0.3 is 6.03 Å². The van der Waals surface area contributed by atoms with Gasteiger partial charge in [-0.05, 0) is 30.2 Å². The molecule has 3 unspecified atom stereocenters. The van der Waals surface area contributed by atoms with Crippen LogP contribution in [0.1, 0.15) is 13.8 Å². The molecule has 0 bridgehead atoms. The molecule has 0 spiro atoms. The maximum atomic E-state index is 12.5. The topological polar surface area (TPSA) is 106 Å². The monoisotopic (exact) mass is 423 g/mol. The minimum atomic E-state index is -0.883. The van der Waals surface area contributed by atoms with Gasteiger partial charge in [-0.1, -0.05) is 25.4 Å². The molecule has 2 saturated heterocycles. The summed E-state index contributed by atoms with van der Waals surface area (Å²) in [6.45, 7) is 4.77. The Kier molecular flexibility index (Phi) is 6.49. The fourth-order valence-electron chi connectivity index (χ4n) is 3.19. The van der Waals surface area contributed by atoms with Crippen LogP contribution in [-0.4, -0.2) is 77.9 Å². The third-order valence-corrected chi connectivity index (χ3v) is 4.94. The SMILES string of the molecule is CC(C)CN=C1NC2C(C(=O)NC(=O)N2C)N1CC(O)COc1ccc(Cl)cc1. The van der Waals surface area contributed by atoms with Crippen molar-refractivity contribution in [3.8, 4) is 5.75 Å². The number of aliphatic imine (C=N–C) groups is 1. The van der Waals surface area contributed by atoms with Gasteiger partial charge < -0.3 is 25.0 Å². The van der Waals surface area contributed by atoms with E-state index in [-0.39, 0.29) is 13.2 Å².